The summed E-state index contributed by atoms with van der Waals surface area (Å²) in [4.78, 5) is 12.9. The summed E-state index contributed by atoms with van der Waals surface area (Å²) in [5.41, 5.74) is 3.25. The van der Waals surface area contributed by atoms with Crippen molar-refractivity contribution in [1.82, 2.24) is 10.3 Å². The van der Waals surface area contributed by atoms with E-state index < -0.39 is 0 Å². The van der Waals surface area contributed by atoms with Gasteiger partial charge in [-0.1, -0.05) is 30.3 Å². The van der Waals surface area contributed by atoms with Gasteiger partial charge < -0.3 is 5.32 Å². The third-order valence-corrected chi connectivity index (χ3v) is 5.03. The van der Waals surface area contributed by atoms with E-state index in [0.29, 0.717) is 6.42 Å². The van der Waals surface area contributed by atoms with Gasteiger partial charge in [-0.15, -0.1) is 0 Å². The number of benzene rings is 2. The molecule has 5 heteroatoms. The minimum atomic E-state index is -0.228. The zero-order valence-corrected chi connectivity index (χ0v) is 14.1. The molecule has 2 aliphatic heterocycles. The van der Waals surface area contributed by atoms with E-state index in [1.54, 1.807) is 0 Å². The van der Waals surface area contributed by atoms with Gasteiger partial charge in [-0.05, 0) is 41.7 Å². The second-order valence-corrected chi connectivity index (χ2v) is 6.70. The molecular weight excluding hydrogens is 317 g/mol. The summed E-state index contributed by atoms with van der Waals surface area (Å²) in [5, 5.41) is 7.35. The third-order valence-electron chi connectivity index (χ3n) is 5.03. The molecular formula is C20H22FN3O. The first-order chi connectivity index (χ1) is 12.2. The van der Waals surface area contributed by atoms with E-state index in [1.807, 2.05) is 35.3 Å². The van der Waals surface area contributed by atoms with Gasteiger partial charge in [0.15, 0.2) is 0 Å². The summed E-state index contributed by atoms with van der Waals surface area (Å²) in [5.74, 6) is 0.0507. The fraction of sp³-hybridized carbons (Fsp3) is 0.350. The van der Waals surface area contributed by atoms with Gasteiger partial charge in [0, 0.05) is 32.6 Å². The second kappa shape index (κ2) is 6.94. The highest BCUT2D eigenvalue weighted by Gasteiger charge is 2.34. The Kier molecular flexibility index (Phi) is 4.51. The van der Waals surface area contributed by atoms with Crippen LogP contribution in [-0.4, -0.2) is 37.1 Å². The molecule has 130 valence electrons. The van der Waals surface area contributed by atoms with Gasteiger partial charge >= 0.3 is 0 Å². The van der Waals surface area contributed by atoms with Crippen molar-refractivity contribution in [3.8, 4) is 0 Å². The minimum Gasteiger partial charge on any atom is -0.314 e. The molecule has 1 fully saturated rings. The number of anilines is 1. The van der Waals surface area contributed by atoms with Crippen LogP contribution in [0.1, 0.15) is 23.5 Å². The molecule has 2 aromatic carbocycles. The summed E-state index contributed by atoms with van der Waals surface area (Å²) < 4.78 is 13.2. The number of nitrogens with zero attached hydrogens (tertiary/aromatic N) is 2. The monoisotopic (exact) mass is 339 g/mol. The van der Waals surface area contributed by atoms with Crippen LogP contribution in [0.3, 0.4) is 0 Å². The van der Waals surface area contributed by atoms with E-state index in [-0.39, 0.29) is 17.6 Å². The number of carbonyl (C=O) groups excluding carboxylic acids is 1. The number of para-hydroxylation sites is 1. The molecule has 0 aromatic heterocycles. The quantitative estimate of drug-likeness (QED) is 0.934. The fourth-order valence-corrected chi connectivity index (χ4v) is 3.82. The summed E-state index contributed by atoms with van der Waals surface area (Å²) in [6.07, 6.45) is 1.23. The molecule has 0 spiro atoms. The molecule has 0 aliphatic carbocycles. The van der Waals surface area contributed by atoms with Crippen LogP contribution in [0.25, 0.3) is 0 Å². The van der Waals surface area contributed by atoms with Crippen molar-refractivity contribution < 1.29 is 9.18 Å². The molecule has 1 unspecified atom stereocenters. The van der Waals surface area contributed by atoms with Gasteiger partial charge in [0.25, 0.3) is 0 Å². The topological polar surface area (TPSA) is 35.6 Å². The second-order valence-electron chi connectivity index (χ2n) is 6.70. The van der Waals surface area contributed by atoms with Crippen molar-refractivity contribution in [1.29, 1.82) is 0 Å². The first kappa shape index (κ1) is 16.2. The van der Waals surface area contributed by atoms with Crippen LogP contribution in [0, 0.1) is 5.82 Å². The molecule has 1 atom stereocenters. The van der Waals surface area contributed by atoms with Gasteiger partial charge in [0.2, 0.25) is 5.91 Å². The number of nitrogens with one attached hydrogen (secondary N) is 1. The number of carbonyl (C=O) groups is 1. The van der Waals surface area contributed by atoms with Gasteiger partial charge in [0.1, 0.15) is 5.82 Å². The van der Waals surface area contributed by atoms with Crippen LogP contribution in [0.15, 0.2) is 48.5 Å². The molecule has 2 aromatic rings. The molecule has 0 radical (unpaired) electrons. The Hall–Kier alpha value is -2.24. The lowest BCUT2D eigenvalue weighted by atomic mass is 9.85. The van der Waals surface area contributed by atoms with Crippen molar-refractivity contribution in [2.45, 2.75) is 18.8 Å². The predicted molar refractivity (Wildman–Crippen MR) is 95.8 cm³/mol. The lowest BCUT2D eigenvalue weighted by Gasteiger charge is -2.42. The average Bonchev–Trinajstić information content (AvgIpc) is 2.64. The highest BCUT2D eigenvalue weighted by Crippen LogP contribution is 2.38. The van der Waals surface area contributed by atoms with Gasteiger partial charge in [-0.25, -0.2) is 14.4 Å². The van der Waals surface area contributed by atoms with Gasteiger partial charge in [0.05, 0.1) is 5.69 Å². The summed E-state index contributed by atoms with van der Waals surface area (Å²) in [6.45, 7) is 3.46. The maximum Gasteiger partial charge on any atom is 0.242 e. The molecule has 1 saturated heterocycles. The maximum absolute atomic E-state index is 13.2. The number of halogens is 1. The number of hydrogen-bond donors (Lipinski definition) is 1. The van der Waals surface area contributed by atoms with Crippen LogP contribution in [-0.2, 0) is 11.2 Å². The Morgan fingerprint density at radius 2 is 1.76 bits per heavy atom. The van der Waals surface area contributed by atoms with Crippen LogP contribution in [0.5, 0.6) is 0 Å². The molecule has 2 heterocycles. The van der Waals surface area contributed by atoms with Crippen molar-refractivity contribution in [2.75, 3.05) is 31.2 Å². The number of hydrazine groups is 1. The van der Waals surface area contributed by atoms with E-state index in [0.717, 1.165) is 43.9 Å². The van der Waals surface area contributed by atoms with Crippen LogP contribution < -0.4 is 10.3 Å². The Morgan fingerprint density at radius 3 is 2.52 bits per heavy atom. The van der Waals surface area contributed by atoms with Crippen LogP contribution in [0.4, 0.5) is 10.1 Å². The van der Waals surface area contributed by atoms with Crippen molar-refractivity contribution in [2.24, 2.45) is 0 Å². The highest BCUT2D eigenvalue weighted by molar-refractivity contribution is 5.96. The molecule has 1 N–H and O–H groups in total. The Bertz CT molecular complexity index is 756. The third kappa shape index (κ3) is 3.30. The number of piperazine rings is 1. The van der Waals surface area contributed by atoms with Gasteiger partial charge in [-0.2, -0.15) is 0 Å². The Labute approximate surface area is 147 Å². The fourth-order valence-electron chi connectivity index (χ4n) is 3.82. The standard InChI is InChI=1S/C20H22FN3O/c21-17-7-5-15(6-8-17)13-16-14-20(25)24(23-11-9-22-10-12-23)19-4-2-1-3-18(16)19/h1-8,16,22H,9-14H2. The zero-order valence-electron chi connectivity index (χ0n) is 14.1. The molecule has 2 aliphatic rings. The van der Waals surface area contributed by atoms with E-state index in [4.69, 9.17) is 0 Å². The van der Waals surface area contributed by atoms with Crippen molar-refractivity contribution >= 4 is 11.6 Å². The summed E-state index contributed by atoms with van der Waals surface area (Å²) >= 11 is 0. The predicted octanol–water partition coefficient (Wildman–Crippen LogP) is 2.71. The summed E-state index contributed by atoms with van der Waals surface area (Å²) in [6, 6.07) is 14.8. The number of hydrogen-bond acceptors (Lipinski definition) is 3. The van der Waals surface area contributed by atoms with Gasteiger partial charge in [-0.3, -0.25) is 4.79 Å². The lowest BCUT2D eigenvalue weighted by molar-refractivity contribution is -0.122. The largest absolute Gasteiger partial charge is 0.314 e. The van der Waals surface area contributed by atoms with E-state index in [9.17, 15) is 9.18 Å². The normalized spacial score (nSPS) is 21.2. The molecule has 4 rings (SSSR count). The maximum atomic E-state index is 13.2. The first-order valence-corrected chi connectivity index (χ1v) is 8.84. The van der Waals surface area contributed by atoms with Crippen molar-refractivity contribution in [3.63, 3.8) is 0 Å². The SMILES string of the molecule is O=C1CC(Cc2ccc(F)cc2)c2ccccc2N1N1CCNCC1. The number of rotatable bonds is 3. The van der Waals surface area contributed by atoms with Crippen LogP contribution in [0.2, 0.25) is 0 Å². The first-order valence-electron chi connectivity index (χ1n) is 8.84. The zero-order chi connectivity index (χ0) is 17.2. The molecule has 4 nitrogen and oxygen atoms in total. The summed E-state index contributed by atoms with van der Waals surface area (Å²) in [7, 11) is 0. The van der Waals surface area contributed by atoms with E-state index in [1.165, 1.54) is 17.7 Å². The Balaban J connectivity index is 1.64. The van der Waals surface area contributed by atoms with E-state index in [2.05, 4.69) is 16.4 Å². The van der Waals surface area contributed by atoms with Crippen LogP contribution >= 0.6 is 0 Å². The molecule has 1 amide bonds. The molecule has 25 heavy (non-hydrogen) atoms. The number of amides is 1. The molecule has 0 bridgehead atoms. The molecule has 0 saturated carbocycles. The highest BCUT2D eigenvalue weighted by atomic mass is 19.1. The Morgan fingerprint density at radius 1 is 1.04 bits per heavy atom. The minimum absolute atomic E-state index is 0.133. The van der Waals surface area contributed by atoms with Crippen molar-refractivity contribution in [3.05, 3.63) is 65.5 Å². The lowest BCUT2D eigenvalue weighted by Crippen LogP contribution is -2.56. The van der Waals surface area contributed by atoms with E-state index >= 15 is 0 Å². The smallest absolute Gasteiger partial charge is 0.242 e. The average molecular weight is 339 g/mol. The number of fused-ring (bicyclic) bond motifs is 1.